The average molecular weight is 742 g/mol. The van der Waals surface area contributed by atoms with Gasteiger partial charge in [0.25, 0.3) is 0 Å². The molecule has 0 spiro atoms. The average Bonchev–Trinajstić information content (AvgIpc) is 3.65. The zero-order valence-electron chi connectivity index (χ0n) is 32.1. The summed E-state index contributed by atoms with van der Waals surface area (Å²) in [6.45, 7) is 13.5. The first kappa shape index (κ1) is 42.7. The molecule has 6 N–H and O–H groups in total. The topological polar surface area (TPSA) is 209 Å². The third-order valence-corrected chi connectivity index (χ3v) is 9.71. The van der Waals surface area contributed by atoms with E-state index >= 15 is 0 Å². The van der Waals surface area contributed by atoms with Crippen molar-refractivity contribution < 1.29 is 38.3 Å². The van der Waals surface area contributed by atoms with Crippen molar-refractivity contribution in [3.63, 3.8) is 0 Å². The number of imide groups is 1. The lowest BCUT2D eigenvalue weighted by molar-refractivity contribution is -0.140. The number of anilines is 1. The van der Waals surface area contributed by atoms with Crippen molar-refractivity contribution in [2.45, 2.75) is 112 Å². The van der Waals surface area contributed by atoms with Crippen LogP contribution in [0.2, 0.25) is 0 Å². The van der Waals surface area contributed by atoms with Gasteiger partial charge in [0, 0.05) is 44.7 Å². The van der Waals surface area contributed by atoms with E-state index in [9.17, 15) is 33.6 Å². The summed E-state index contributed by atoms with van der Waals surface area (Å²) < 4.78 is 5.43. The van der Waals surface area contributed by atoms with E-state index in [-0.39, 0.29) is 73.5 Å². The second kappa shape index (κ2) is 20.0. The zero-order valence-corrected chi connectivity index (χ0v) is 32.1. The molecule has 15 nitrogen and oxygen atoms in total. The van der Waals surface area contributed by atoms with Crippen molar-refractivity contribution >= 4 is 47.3 Å². The van der Waals surface area contributed by atoms with Gasteiger partial charge in [-0.25, -0.2) is 9.59 Å². The number of rotatable bonds is 18. The third-order valence-electron chi connectivity index (χ3n) is 9.71. The first-order valence-electron chi connectivity index (χ1n) is 18.7. The monoisotopic (exact) mass is 741 g/mol. The highest BCUT2D eigenvalue weighted by atomic mass is 16.6. The summed E-state index contributed by atoms with van der Waals surface area (Å²) >= 11 is 0. The number of unbranched alkanes of at least 4 members (excludes halogenated alkanes) is 2. The number of urea groups is 1. The van der Waals surface area contributed by atoms with Crippen molar-refractivity contribution in [3.8, 4) is 0 Å². The molecule has 294 valence electrons. The van der Waals surface area contributed by atoms with E-state index in [0.29, 0.717) is 56.9 Å². The van der Waals surface area contributed by atoms with Crippen LogP contribution in [-0.2, 0) is 35.3 Å². The molecule has 8 amide bonds. The number of carbonyl (C=O) groups excluding carboxylic acids is 7. The Hall–Kier alpha value is -4.69. The van der Waals surface area contributed by atoms with Crippen LogP contribution in [0.15, 0.2) is 24.3 Å². The molecule has 2 aliphatic rings. The fraction of sp³-hybridized carbons (Fsp3) is 0.658. The minimum absolute atomic E-state index is 0.0878. The SMILES string of the molecule is CC(C)[C@H](NC(=O)CCCCCN1C(=O)CC(C(C)(C)C)C1=O)C(=O)N[C@@H](CCCNC(N)=O)C(=O)Nc1ccc(COC(=O)N2CC[C@H](C)C2)cc1. The van der Waals surface area contributed by atoms with Crippen LogP contribution in [0.3, 0.4) is 0 Å². The van der Waals surface area contributed by atoms with Gasteiger partial charge in [-0.05, 0) is 67.1 Å². The van der Waals surface area contributed by atoms with Gasteiger partial charge in [-0.1, -0.05) is 60.1 Å². The molecule has 0 radical (unpaired) electrons. The highest BCUT2D eigenvalue weighted by molar-refractivity contribution is 6.04. The molecule has 0 aliphatic carbocycles. The molecule has 53 heavy (non-hydrogen) atoms. The van der Waals surface area contributed by atoms with Gasteiger partial charge in [-0.15, -0.1) is 0 Å². The summed E-state index contributed by atoms with van der Waals surface area (Å²) in [5, 5.41) is 10.9. The summed E-state index contributed by atoms with van der Waals surface area (Å²) in [4.78, 5) is 91.5. The van der Waals surface area contributed by atoms with E-state index in [1.165, 1.54) is 4.90 Å². The zero-order chi connectivity index (χ0) is 39.3. The van der Waals surface area contributed by atoms with Gasteiger partial charge in [-0.2, -0.15) is 0 Å². The van der Waals surface area contributed by atoms with Crippen molar-refractivity contribution in [2.75, 3.05) is 31.5 Å². The first-order chi connectivity index (χ1) is 25.0. The Morgan fingerprint density at radius 1 is 0.962 bits per heavy atom. The number of hydrogen-bond donors (Lipinski definition) is 5. The molecule has 2 heterocycles. The summed E-state index contributed by atoms with van der Waals surface area (Å²) in [5.41, 5.74) is 6.09. The molecule has 1 unspecified atom stereocenters. The normalized spacial score (nSPS) is 18.5. The van der Waals surface area contributed by atoms with Crippen LogP contribution in [-0.4, -0.2) is 89.7 Å². The van der Waals surface area contributed by atoms with Crippen molar-refractivity contribution in [2.24, 2.45) is 28.9 Å². The van der Waals surface area contributed by atoms with Gasteiger partial charge >= 0.3 is 12.1 Å². The molecule has 2 fully saturated rings. The Labute approximate surface area is 312 Å². The lowest BCUT2D eigenvalue weighted by atomic mass is 9.80. The molecule has 15 heteroatoms. The number of primary amides is 1. The van der Waals surface area contributed by atoms with Crippen LogP contribution in [0.4, 0.5) is 15.3 Å². The van der Waals surface area contributed by atoms with Crippen molar-refractivity contribution in [1.82, 2.24) is 25.8 Å². The van der Waals surface area contributed by atoms with Crippen molar-refractivity contribution in [3.05, 3.63) is 29.8 Å². The Bertz CT molecular complexity index is 1460. The number of hydrogen-bond acceptors (Lipinski definition) is 8. The fourth-order valence-corrected chi connectivity index (χ4v) is 6.41. The molecular weight excluding hydrogens is 682 g/mol. The van der Waals surface area contributed by atoms with E-state index in [2.05, 4.69) is 28.2 Å². The van der Waals surface area contributed by atoms with Gasteiger partial charge in [0.05, 0.1) is 5.92 Å². The number of nitrogens with zero attached hydrogens (tertiary/aromatic N) is 2. The highest BCUT2D eigenvalue weighted by Gasteiger charge is 2.44. The molecule has 1 aromatic carbocycles. The quantitative estimate of drug-likeness (QED) is 0.111. The highest BCUT2D eigenvalue weighted by Crippen LogP contribution is 2.35. The van der Waals surface area contributed by atoms with Gasteiger partial charge in [0.15, 0.2) is 0 Å². The number of carbonyl (C=O) groups is 7. The maximum Gasteiger partial charge on any atom is 0.410 e. The summed E-state index contributed by atoms with van der Waals surface area (Å²) in [5.74, 6) is -1.80. The summed E-state index contributed by atoms with van der Waals surface area (Å²) in [7, 11) is 0. The minimum Gasteiger partial charge on any atom is -0.445 e. The molecule has 0 bridgehead atoms. The van der Waals surface area contributed by atoms with Gasteiger partial charge in [0.1, 0.15) is 18.7 Å². The standard InChI is InChI=1S/C38H59N7O8/c1-24(2)32(43-30(46)12-8-7-9-19-45-31(47)21-28(35(45)50)38(4,5)6)34(49)42-29(11-10-18-40-36(39)51)33(48)41-27-15-13-26(14-16-27)23-53-37(52)44-20-17-25(3)22-44/h13-16,24-25,28-29,32H,7-12,17-23H2,1-6H3,(H,41,48)(H,42,49)(H,43,46)(H3,39,40,51)/t25-,28?,29-,32-/m0/s1. The lowest BCUT2D eigenvalue weighted by Crippen LogP contribution is -2.54. The van der Waals surface area contributed by atoms with Gasteiger partial charge in [-0.3, -0.25) is 28.9 Å². The van der Waals surface area contributed by atoms with E-state index < -0.39 is 29.9 Å². The Balaban J connectivity index is 1.51. The Kier molecular flexibility index (Phi) is 16.1. The second-order valence-corrected chi connectivity index (χ2v) is 15.7. The van der Waals surface area contributed by atoms with Crippen LogP contribution >= 0.6 is 0 Å². The summed E-state index contributed by atoms with van der Waals surface area (Å²) in [6, 6.07) is 4.20. The number of nitrogens with one attached hydrogen (secondary N) is 4. The molecule has 0 saturated carbocycles. The molecule has 2 saturated heterocycles. The fourth-order valence-electron chi connectivity index (χ4n) is 6.41. The maximum absolute atomic E-state index is 13.5. The third kappa shape index (κ3) is 13.7. The maximum atomic E-state index is 13.5. The number of nitrogens with two attached hydrogens (primary N) is 1. The number of benzene rings is 1. The molecule has 4 atom stereocenters. The molecular formula is C38H59N7O8. The molecule has 3 rings (SSSR count). The molecule has 2 aliphatic heterocycles. The lowest BCUT2D eigenvalue weighted by Gasteiger charge is -2.25. The Morgan fingerprint density at radius 2 is 1.66 bits per heavy atom. The smallest absolute Gasteiger partial charge is 0.410 e. The largest absolute Gasteiger partial charge is 0.445 e. The van der Waals surface area contributed by atoms with Crippen LogP contribution in [0, 0.1) is 23.2 Å². The summed E-state index contributed by atoms with van der Waals surface area (Å²) in [6.07, 6.45) is 3.19. The van der Waals surface area contributed by atoms with E-state index in [0.717, 1.165) is 12.0 Å². The number of amides is 8. The predicted octanol–water partition coefficient (Wildman–Crippen LogP) is 3.66. The number of ether oxygens (including phenoxy) is 1. The van der Waals surface area contributed by atoms with Crippen LogP contribution in [0.1, 0.15) is 98.5 Å². The van der Waals surface area contributed by atoms with Crippen molar-refractivity contribution in [1.29, 1.82) is 0 Å². The second-order valence-electron chi connectivity index (χ2n) is 15.7. The van der Waals surface area contributed by atoms with E-state index in [4.69, 9.17) is 10.5 Å². The van der Waals surface area contributed by atoms with E-state index in [1.807, 2.05) is 20.8 Å². The van der Waals surface area contributed by atoms with Crippen LogP contribution < -0.4 is 27.0 Å². The van der Waals surface area contributed by atoms with Crippen LogP contribution in [0.25, 0.3) is 0 Å². The minimum atomic E-state index is -0.993. The molecule has 1 aromatic rings. The Morgan fingerprint density at radius 3 is 2.25 bits per heavy atom. The van der Waals surface area contributed by atoms with Crippen LogP contribution in [0.5, 0.6) is 0 Å². The van der Waals surface area contributed by atoms with Gasteiger partial charge in [0.2, 0.25) is 29.5 Å². The molecule has 0 aromatic heterocycles. The van der Waals surface area contributed by atoms with E-state index in [1.54, 1.807) is 43.0 Å². The van der Waals surface area contributed by atoms with Gasteiger partial charge < -0.3 is 36.6 Å². The number of likely N-dealkylation sites (tertiary alicyclic amines) is 2. The first-order valence-corrected chi connectivity index (χ1v) is 18.7. The predicted molar refractivity (Wildman–Crippen MR) is 199 cm³/mol.